The Morgan fingerprint density at radius 1 is 1.32 bits per heavy atom. The summed E-state index contributed by atoms with van der Waals surface area (Å²) in [5.74, 6) is 1.84. The molecule has 0 aliphatic carbocycles. The number of hydrogen-bond donors (Lipinski definition) is 0. The Bertz CT molecular complexity index is 676. The van der Waals surface area contributed by atoms with Gasteiger partial charge in [-0.15, -0.1) is 0 Å². The third kappa shape index (κ3) is 2.64. The number of carbonyl (C=O) groups excluding carboxylic acids is 1. The number of amides is 1. The molecular weight excluding hydrogens is 284 g/mol. The average Bonchev–Trinajstić information content (AvgIpc) is 2.85. The van der Waals surface area contributed by atoms with Crippen LogP contribution in [0.15, 0.2) is 28.8 Å². The van der Waals surface area contributed by atoms with Crippen molar-refractivity contribution in [1.82, 2.24) is 10.1 Å². The Hall–Kier alpha value is -2.50. The molecule has 0 radical (unpaired) electrons. The van der Waals surface area contributed by atoms with Gasteiger partial charge in [-0.25, -0.2) is 0 Å². The number of likely N-dealkylation sites (N-methyl/N-ethyl adjacent to an activating group) is 1. The number of nitrogens with zero attached hydrogens (tertiary/aromatic N) is 2. The molecule has 1 unspecified atom stereocenters. The number of aromatic nitrogens is 1. The van der Waals surface area contributed by atoms with Gasteiger partial charge in [-0.1, -0.05) is 17.3 Å². The van der Waals surface area contributed by atoms with Crippen LogP contribution in [0.3, 0.4) is 0 Å². The summed E-state index contributed by atoms with van der Waals surface area (Å²) >= 11 is 0. The number of hydrogen-bond acceptors (Lipinski definition) is 5. The highest BCUT2D eigenvalue weighted by Gasteiger charge is 2.26. The van der Waals surface area contributed by atoms with Crippen LogP contribution in [0.2, 0.25) is 0 Å². The van der Waals surface area contributed by atoms with Gasteiger partial charge >= 0.3 is 0 Å². The van der Waals surface area contributed by atoms with E-state index in [-0.39, 0.29) is 12.0 Å². The molecule has 0 saturated heterocycles. The minimum Gasteiger partial charge on any atom is -0.486 e. The molecule has 0 spiro atoms. The maximum Gasteiger partial charge on any atom is 0.259 e. The number of carbonyl (C=O) groups is 1. The summed E-state index contributed by atoms with van der Waals surface area (Å²) in [6.07, 6.45) is -0.204. The van der Waals surface area contributed by atoms with Crippen LogP contribution in [0.1, 0.15) is 21.8 Å². The van der Waals surface area contributed by atoms with Crippen LogP contribution in [-0.4, -0.2) is 42.3 Å². The van der Waals surface area contributed by atoms with Crippen molar-refractivity contribution in [3.63, 3.8) is 0 Å². The standard InChI is InChI=1S/C16H18N2O4/c1-10-15(11(2)22-17-10)16(19)18(3)8-12-9-20-13-6-4-5-7-14(13)21-12/h4-7,12H,8-9H2,1-3H3. The highest BCUT2D eigenvalue weighted by atomic mass is 16.6. The minimum absolute atomic E-state index is 0.126. The second kappa shape index (κ2) is 5.71. The fraction of sp³-hybridized carbons (Fsp3) is 0.375. The van der Waals surface area contributed by atoms with E-state index in [4.69, 9.17) is 14.0 Å². The van der Waals surface area contributed by atoms with Gasteiger partial charge in [0, 0.05) is 7.05 Å². The predicted molar refractivity (Wildman–Crippen MR) is 79.3 cm³/mol. The lowest BCUT2D eigenvalue weighted by molar-refractivity contribution is 0.0519. The molecule has 0 fully saturated rings. The predicted octanol–water partition coefficient (Wildman–Crippen LogP) is 2.20. The zero-order chi connectivity index (χ0) is 15.7. The molecule has 0 N–H and O–H groups in total. The molecule has 1 aliphatic heterocycles. The Morgan fingerprint density at radius 2 is 2.05 bits per heavy atom. The van der Waals surface area contributed by atoms with Gasteiger partial charge in [0.25, 0.3) is 5.91 Å². The molecule has 6 nitrogen and oxygen atoms in total. The first-order valence-corrected chi connectivity index (χ1v) is 7.13. The van der Waals surface area contributed by atoms with Gasteiger partial charge in [0.15, 0.2) is 17.6 Å². The first kappa shape index (κ1) is 14.4. The number of rotatable bonds is 3. The van der Waals surface area contributed by atoms with Crippen LogP contribution in [0.4, 0.5) is 0 Å². The van der Waals surface area contributed by atoms with Crippen LogP contribution in [0, 0.1) is 13.8 Å². The van der Waals surface area contributed by atoms with Gasteiger partial charge in [0.05, 0.1) is 12.2 Å². The van der Waals surface area contributed by atoms with Crippen LogP contribution in [0.5, 0.6) is 11.5 Å². The van der Waals surface area contributed by atoms with Crippen molar-refractivity contribution in [3.05, 3.63) is 41.3 Å². The van der Waals surface area contributed by atoms with Crippen molar-refractivity contribution in [2.45, 2.75) is 20.0 Å². The van der Waals surface area contributed by atoms with E-state index in [9.17, 15) is 4.79 Å². The van der Waals surface area contributed by atoms with Crippen molar-refractivity contribution in [2.75, 3.05) is 20.2 Å². The van der Waals surface area contributed by atoms with E-state index in [2.05, 4.69) is 5.16 Å². The first-order valence-electron chi connectivity index (χ1n) is 7.13. The largest absolute Gasteiger partial charge is 0.486 e. The fourth-order valence-corrected chi connectivity index (χ4v) is 2.52. The van der Waals surface area contributed by atoms with Crippen molar-refractivity contribution in [2.24, 2.45) is 0 Å². The number of fused-ring (bicyclic) bond motifs is 1. The number of ether oxygens (including phenoxy) is 2. The van der Waals surface area contributed by atoms with E-state index in [1.807, 2.05) is 24.3 Å². The summed E-state index contributed by atoms with van der Waals surface area (Å²) < 4.78 is 16.6. The van der Waals surface area contributed by atoms with Gasteiger partial charge in [0.1, 0.15) is 17.9 Å². The normalized spacial score (nSPS) is 16.4. The van der Waals surface area contributed by atoms with Crippen molar-refractivity contribution < 1.29 is 18.8 Å². The molecule has 116 valence electrons. The molecule has 2 heterocycles. The third-order valence-corrected chi connectivity index (χ3v) is 3.64. The van der Waals surface area contributed by atoms with E-state index in [0.29, 0.717) is 35.9 Å². The maximum atomic E-state index is 12.5. The summed E-state index contributed by atoms with van der Waals surface area (Å²) in [7, 11) is 1.73. The Labute approximate surface area is 128 Å². The average molecular weight is 302 g/mol. The molecule has 22 heavy (non-hydrogen) atoms. The van der Waals surface area contributed by atoms with Crippen molar-refractivity contribution in [3.8, 4) is 11.5 Å². The Balaban J connectivity index is 1.68. The summed E-state index contributed by atoms with van der Waals surface area (Å²) in [6, 6.07) is 7.51. The molecule has 1 aromatic carbocycles. The van der Waals surface area contributed by atoms with E-state index in [0.717, 1.165) is 5.75 Å². The van der Waals surface area contributed by atoms with Crippen LogP contribution >= 0.6 is 0 Å². The lowest BCUT2D eigenvalue weighted by Crippen LogP contribution is -2.42. The van der Waals surface area contributed by atoms with Gasteiger partial charge in [-0.05, 0) is 26.0 Å². The molecular formula is C16H18N2O4. The zero-order valence-electron chi connectivity index (χ0n) is 12.8. The third-order valence-electron chi connectivity index (χ3n) is 3.64. The zero-order valence-corrected chi connectivity index (χ0v) is 12.8. The fourth-order valence-electron chi connectivity index (χ4n) is 2.52. The minimum atomic E-state index is -0.204. The van der Waals surface area contributed by atoms with E-state index < -0.39 is 0 Å². The highest BCUT2D eigenvalue weighted by molar-refractivity contribution is 5.95. The lowest BCUT2D eigenvalue weighted by atomic mass is 10.1. The van der Waals surface area contributed by atoms with Crippen molar-refractivity contribution >= 4 is 5.91 Å². The SMILES string of the molecule is Cc1noc(C)c1C(=O)N(C)CC1COc2ccccc2O1. The van der Waals surface area contributed by atoms with Crippen LogP contribution in [0.25, 0.3) is 0 Å². The molecule has 1 atom stereocenters. The van der Waals surface area contributed by atoms with Gasteiger partial charge in [-0.3, -0.25) is 4.79 Å². The summed E-state index contributed by atoms with van der Waals surface area (Å²) in [5.41, 5.74) is 1.11. The summed E-state index contributed by atoms with van der Waals surface area (Å²) in [5, 5.41) is 3.82. The Kier molecular flexibility index (Phi) is 3.75. The van der Waals surface area contributed by atoms with E-state index >= 15 is 0 Å². The number of para-hydroxylation sites is 2. The monoisotopic (exact) mass is 302 g/mol. The summed E-state index contributed by atoms with van der Waals surface area (Å²) in [6.45, 7) is 4.33. The molecule has 2 aromatic rings. The summed E-state index contributed by atoms with van der Waals surface area (Å²) in [4.78, 5) is 14.1. The lowest BCUT2D eigenvalue weighted by Gasteiger charge is -2.29. The molecule has 0 saturated carbocycles. The van der Waals surface area contributed by atoms with E-state index in [1.54, 1.807) is 25.8 Å². The van der Waals surface area contributed by atoms with Crippen molar-refractivity contribution in [1.29, 1.82) is 0 Å². The molecule has 3 rings (SSSR count). The quantitative estimate of drug-likeness (QED) is 0.869. The van der Waals surface area contributed by atoms with E-state index in [1.165, 1.54) is 0 Å². The van der Waals surface area contributed by atoms with Crippen LogP contribution in [-0.2, 0) is 0 Å². The highest BCUT2D eigenvalue weighted by Crippen LogP contribution is 2.31. The van der Waals surface area contributed by atoms with Gasteiger partial charge in [-0.2, -0.15) is 0 Å². The van der Waals surface area contributed by atoms with Gasteiger partial charge < -0.3 is 18.9 Å². The number of benzene rings is 1. The topological polar surface area (TPSA) is 64.8 Å². The maximum absolute atomic E-state index is 12.5. The second-order valence-corrected chi connectivity index (χ2v) is 5.38. The molecule has 1 aromatic heterocycles. The molecule has 1 amide bonds. The first-order chi connectivity index (χ1) is 10.6. The Morgan fingerprint density at radius 3 is 2.73 bits per heavy atom. The second-order valence-electron chi connectivity index (χ2n) is 5.38. The number of aryl methyl sites for hydroxylation is 2. The molecule has 6 heteroatoms. The smallest absolute Gasteiger partial charge is 0.259 e. The van der Waals surface area contributed by atoms with Gasteiger partial charge in [0.2, 0.25) is 0 Å². The van der Waals surface area contributed by atoms with Crippen LogP contribution < -0.4 is 9.47 Å². The molecule has 0 bridgehead atoms. The molecule has 1 aliphatic rings.